The average molecular weight is 270 g/mol. The molecule has 2 nitrogen and oxygen atoms in total. The Morgan fingerprint density at radius 1 is 1.15 bits per heavy atom. The van der Waals surface area contributed by atoms with Crippen LogP contribution in [-0.2, 0) is 0 Å². The van der Waals surface area contributed by atoms with E-state index in [9.17, 15) is 0 Å². The van der Waals surface area contributed by atoms with Crippen LogP contribution in [0.25, 0.3) is 0 Å². The van der Waals surface area contributed by atoms with Crippen LogP contribution in [-0.4, -0.2) is 36.8 Å². The van der Waals surface area contributed by atoms with Crippen LogP contribution in [0.15, 0.2) is 28.8 Å². The van der Waals surface area contributed by atoms with Gasteiger partial charge in [-0.1, -0.05) is 18.4 Å². The maximum absolute atomic E-state index is 5.46. The van der Waals surface area contributed by atoms with E-state index in [0.717, 1.165) is 25.0 Å². The molecule has 2 rings (SSSR count). The molecule has 20 heavy (non-hydrogen) atoms. The SMILES string of the molecule is C#CC1=CCCN=C(CCCCN2CCCCC2)C=C1. The first-order valence-electron chi connectivity index (χ1n) is 7.99. The van der Waals surface area contributed by atoms with Crippen molar-refractivity contribution in [1.82, 2.24) is 4.90 Å². The highest BCUT2D eigenvalue weighted by molar-refractivity contribution is 5.95. The first-order chi connectivity index (χ1) is 9.88. The summed E-state index contributed by atoms with van der Waals surface area (Å²) < 4.78 is 0. The molecule has 1 saturated heterocycles. The molecular formula is C18H26N2. The lowest BCUT2D eigenvalue weighted by atomic mass is 10.1. The molecule has 0 unspecified atom stereocenters. The number of hydrogen-bond acceptors (Lipinski definition) is 2. The molecule has 2 aliphatic rings. The van der Waals surface area contributed by atoms with Gasteiger partial charge in [0, 0.05) is 17.8 Å². The van der Waals surface area contributed by atoms with Crippen LogP contribution in [0.1, 0.15) is 44.9 Å². The number of hydrogen-bond donors (Lipinski definition) is 0. The molecule has 2 heteroatoms. The summed E-state index contributed by atoms with van der Waals surface area (Å²) in [6.45, 7) is 4.73. The molecule has 2 aliphatic heterocycles. The summed E-state index contributed by atoms with van der Waals surface area (Å²) in [5, 5.41) is 0. The zero-order valence-corrected chi connectivity index (χ0v) is 12.5. The third-order valence-corrected chi connectivity index (χ3v) is 4.04. The third-order valence-electron chi connectivity index (χ3n) is 4.04. The van der Waals surface area contributed by atoms with Crippen molar-refractivity contribution in [2.24, 2.45) is 4.99 Å². The Labute approximate surface area is 123 Å². The summed E-state index contributed by atoms with van der Waals surface area (Å²) in [7, 11) is 0. The van der Waals surface area contributed by atoms with E-state index in [1.807, 2.05) is 6.08 Å². The Kier molecular flexibility index (Phi) is 6.60. The van der Waals surface area contributed by atoms with Crippen LogP contribution in [0, 0.1) is 12.3 Å². The Balaban J connectivity index is 1.68. The standard InChI is InChI=1S/C18H26N2/c1-2-17-9-8-13-19-18(12-11-17)10-4-7-16-20-14-5-3-6-15-20/h1,9,11-12H,3-8,10,13-16H2. The van der Waals surface area contributed by atoms with E-state index in [1.54, 1.807) is 0 Å². The molecule has 0 amide bonds. The summed E-state index contributed by atoms with van der Waals surface area (Å²) in [5.41, 5.74) is 2.20. The van der Waals surface area contributed by atoms with Crippen LogP contribution < -0.4 is 0 Å². The smallest absolute Gasteiger partial charge is 0.0427 e. The third kappa shape index (κ3) is 5.35. The highest BCUT2D eigenvalue weighted by Gasteiger charge is 2.09. The van der Waals surface area contributed by atoms with Crippen molar-refractivity contribution >= 4 is 5.71 Å². The summed E-state index contributed by atoms with van der Waals surface area (Å²) in [6.07, 6.45) is 20.4. The molecule has 108 valence electrons. The van der Waals surface area contributed by atoms with Crippen LogP contribution in [0.5, 0.6) is 0 Å². The predicted molar refractivity (Wildman–Crippen MR) is 87.1 cm³/mol. The van der Waals surface area contributed by atoms with Crippen LogP contribution >= 0.6 is 0 Å². The molecule has 0 spiro atoms. The molecule has 0 aromatic carbocycles. The van der Waals surface area contributed by atoms with Gasteiger partial charge in [-0.25, -0.2) is 0 Å². The number of allylic oxidation sites excluding steroid dienone is 3. The average Bonchev–Trinajstić information content (AvgIpc) is 2.47. The normalized spacial score (nSPS) is 20.6. The number of unbranched alkanes of at least 4 members (excludes halogenated alkanes) is 1. The number of rotatable bonds is 5. The minimum Gasteiger partial charge on any atom is -0.303 e. The van der Waals surface area contributed by atoms with E-state index in [1.165, 1.54) is 57.5 Å². The number of aliphatic imine (C=N–C) groups is 1. The quantitative estimate of drug-likeness (QED) is 0.550. The van der Waals surface area contributed by atoms with Gasteiger partial charge >= 0.3 is 0 Å². The fraction of sp³-hybridized carbons (Fsp3) is 0.611. The lowest BCUT2D eigenvalue weighted by molar-refractivity contribution is 0.225. The largest absolute Gasteiger partial charge is 0.303 e. The van der Waals surface area contributed by atoms with Crippen molar-refractivity contribution in [3.8, 4) is 12.3 Å². The van der Waals surface area contributed by atoms with Gasteiger partial charge in [0.1, 0.15) is 0 Å². The fourth-order valence-corrected chi connectivity index (χ4v) is 2.83. The van der Waals surface area contributed by atoms with E-state index >= 15 is 0 Å². The molecule has 1 fully saturated rings. The van der Waals surface area contributed by atoms with E-state index in [2.05, 4.69) is 28.0 Å². The maximum Gasteiger partial charge on any atom is 0.0427 e. The zero-order chi connectivity index (χ0) is 14.0. The van der Waals surface area contributed by atoms with Gasteiger partial charge < -0.3 is 4.90 Å². The van der Waals surface area contributed by atoms with Gasteiger partial charge in [0.2, 0.25) is 0 Å². The van der Waals surface area contributed by atoms with Crippen molar-refractivity contribution in [2.45, 2.75) is 44.9 Å². The Morgan fingerprint density at radius 2 is 2.00 bits per heavy atom. The van der Waals surface area contributed by atoms with Gasteiger partial charge in [-0.15, -0.1) is 6.42 Å². The minimum atomic E-state index is 0.872. The summed E-state index contributed by atoms with van der Waals surface area (Å²) in [4.78, 5) is 7.25. The topological polar surface area (TPSA) is 15.6 Å². The van der Waals surface area contributed by atoms with Crippen LogP contribution in [0.3, 0.4) is 0 Å². The van der Waals surface area contributed by atoms with E-state index in [-0.39, 0.29) is 0 Å². The van der Waals surface area contributed by atoms with Crippen molar-refractivity contribution < 1.29 is 0 Å². The van der Waals surface area contributed by atoms with Gasteiger partial charge in [0.15, 0.2) is 0 Å². The van der Waals surface area contributed by atoms with Crippen LogP contribution in [0.2, 0.25) is 0 Å². The molecule has 0 saturated carbocycles. The maximum atomic E-state index is 5.46. The summed E-state index contributed by atoms with van der Waals surface area (Å²) >= 11 is 0. The first-order valence-corrected chi connectivity index (χ1v) is 7.99. The van der Waals surface area contributed by atoms with E-state index < -0.39 is 0 Å². The number of likely N-dealkylation sites (tertiary alicyclic amines) is 1. The second kappa shape index (κ2) is 8.76. The first kappa shape index (κ1) is 15.1. The lowest BCUT2D eigenvalue weighted by Gasteiger charge is -2.26. The monoisotopic (exact) mass is 270 g/mol. The van der Waals surface area contributed by atoms with Crippen molar-refractivity contribution in [1.29, 1.82) is 0 Å². The minimum absolute atomic E-state index is 0.872. The fourth-order valence-electron chi connectivity index (χ4n) is 2.83. The zero-order valence-electron chi connectivity index (χ0n) is 12.5. The lowest BCUT2D eigenvalue weighted by Crippen LogP contribution is -2.30. The van der Waals surface area contributed by atoms with Gasteiger partial charge in [-0.05, 0) is 70.3 Å². The predicted octanol–water partition coefficient (Wildman–Crippen LogP) is 3.60. The Hall–Kier alpha value is -1.33. The molecule has 0 aromatic rings. The van der Waals surface area contributed by atoms with Gasteiger partial charge in [0.25, 0.3) is 0 Å². The summed E-state index contributed by atoms with van der Waals surface area (Å²) in [5.74, 6) is 2.72. The van der Waals surface area contributed by atoms with E-state index in [4.69, 9.17) is 6.42 Å². The van der Waals surface area contributed by atoms with Gasteiger partial charge in [-0.2, -0.15) is 0 Å². The van der Waals surface area contributed by atoms with Crippen molar-refractivity contribution in [3.05, 3.63) is 23.8 Å². The van der Waals surface area contributed by atoms with E-state index in [0.29, 0.717) is 0 Å². The Bertz CT molecular complexity index is 417. The molecule has 0 bridgehead atoms. The summed E-state index contributed by atoms with van der Waals surface area (Å²) in [6, 6.07) is 0. The highest BCUT2D eigenvalue weighted by atomic mass is 15.1. The Morgan fingerprint density at radius 3 is 2.80 bits per heavy atom. The second-order valence-corrected chi connectivity index (χ2v) is 5.66. The molecule has 0 atom stereocenters. The molecule has 0 N–H and O–H groups in total. The molecule has 0 aromatic heterocycles. The second-order valence-electron chi connectivity index (χ2n) is 5.66. The molecule has 2 heterocycles. The van der Waals surface area contributed by atoms with Gasteiger partial charge in [-0.3, -0.25) is 4.99 Å². The molecule has 0 aliphatic carbocycles. The highest BCUT2D eigenvalue weighted by Crippen LogP contribution is 2.11. The van der Waals surface area contributed by atoms with Crippen molar-refractivity contribution in [3.63, 3.8) is 0 Å². The molecule has 0 radical (unpaired) electrons. The van der Waals surface area contributed by atoms with Crippen LogP contribution in [0.4, 0.5) is 0 Å². The number of piperidine rings is 1. The molecular weight excluding hydrogens is 244 g/mol. The number of terminal acetylenes is 1. The van der Waals surface area contributed by atoms with Crippen molar-refractivity contribution in [2.75, 3.05) is 26.2 Å². The number of nitrogens with zero attached hydrogens (tertiary/aromatic N) is 2. The van der Waals surface area contributed by atoms with Gasteiger partial charge in [0.05, 0.1) is 0 Å².